The average Bonchev–Trinajstić information content (AvgIpc) is 2.66. The Bertz CT molecular complexity index is 883. The largest absolute Gasteiger partial charge is 0.496 e. The number of nitrogens with one attached hydrogen (secondary N) is 1. The Labute approximate surface area is 163 Å². The van der Waals surface area contributed by atoms with E-state index in [9.17, 15) is 13.2 Å². The first-order chi connectivity index (χ1) is 12.9. The highest BCUT2D eigenvalue weighted by Gasteiger charge is 2.15. The van der Waals surface area contributed by atoms with Crippen molar-refractivity contribution in [3.05, 3.63) is 58.6 Å². The molecule has 2 rings (SSSR count). The van der Waals surface area contributed by atoms with Crippen LogP contribution in [0, 0.1) is 0 Å². The van der Waals surface area contributed by atoms with Crippen molar-refractivity contribution in [1.29, 1.82) is 0 Å². The van der Waals surface area contributed by atoms with Crippen LogP contribution in [0.1, 0.15) is 15.9 Å². The predicted octanol–water partition coefficient (Wildman–Crippen LogP) is 2.63. The van der Waals surface area contributed by atoms with Crippen molar-refractivity contribution in [2.45, 2.75) is 11.5 Å². The van der Waals surface area contributed by atoms with E-state index in [0.29, 0.717) is 16.3 Å². The summed E-state index contributed by atoms with van der Waals surface area (Å²) in [7, 11) is -0.669. The normalized spacial score (nSPS) is 11.2. The third kappa shape index (κ3) is 5.93. The van der Waals surface area contributed by atoms with E-state index in [2.05, 4.69) is 4.72 Å². The molecule has 2 aromatic carbocycles. The van der Waals surface area contributed by atoms with E-state index in [1.807, 2.05) is 0 Å². The van der Waals surface area contributed by atoms with Crippen molar-refractivity contribution in [2.75, 3.05) is 27.4 Å². The lowest BCUT2D eigenvalue weighted by atomic mass is 10.2. The van der Waals surface area contributed by atoms with E-state index in [1.165, 1.54) is 38.5 Å². The molecular weight excluding hydrogens is 394 g/mol. The lowest BCUT2D eigenvalue weighted by Gasteiger charge is -2.10. The molecule has 0 unspecified atom stereocenters. The van der Waals surface area contributed by atoms with Crippen LogP contribution >= 0.6 is 11.6 Å². The first-order valence-corrected chi connectivity index (χ1v) is 9.81. The van der Waals surface area contributed by atoms with Gasteiger partial charge < -0.3 is 14.2 Å². The third-order valence-electron chi connectivity index (χ3n) is 3.60. The predicted molar refractivity (Wildman–Crippen MR) is 101 cm³/mol. The van der Waals surface area contributed by atoms with Crippen LogP contribution in [0.25, 0.3) is 0 Å². The van der Waals surface area contributed by atoms with E-state index >= 15 is 0 Å². The molecule has 0 aromatic heterocycles. The van der Waals surface area contributed by atoms with Crippen LogP contribution in [0.5, 0.6) is 5.75 Å². The first-order valence-electron chi connectivity index (χ1n) is 7.95. The number of ether oxygens (including phenoxy) is 3. The van der Waals surface area contributed by atoms with E-state index in [1.54, 1.807) is 18.2 Å². The van der Waals surface area contributed by atoms with Crippen molar-refractivity contribution < 1.29 is 27.4 Å². The monoisotopic (exact) mass is 413 g/mol. The molecule has 0 aliphatic carbocycles. The lowest BCUT2D eigenvalue weighted by molar-refractivity contribution is 0.0470. The quantitative estimate of drug-likeness (QED) is 0.502. The van der Waals surface area contributed by atoms with Gasteiger partial charge in [0.1, 0.15) is 12.4 Å². The molecule has 146 valence electrons. The van der Waals surface area contributed by atoms with Gasteiger partial charge in [0.2, 0.25) is 10.0 Å². The number of halogens is 1. The molecule has 0 radical (unpaired) electrons. The molecule has 27 heavy (non-hydrogen) atoms. The second kappa shape index (κ2) is 9.70. The third-order valence-corrected chi connectivity index (χ3v) is 5.31. The summed E-state index contributed by atoms with van der Waals surface area (Å²) in [6, 6.07) is 10.5. The molecule has 0 aliphatic rings. The van der Waals surface area contributed by atoms with Gasteiger partial charge in [-0.05, 0) is 42.5 Å². The van der Waals surface area contributed by atoms with Crippen molar-refractivity contribution in [3.8, 4) is 5.75 Å². The summed E-state index contributed by atoms with van der Waals surface area (Å²) in [5.74, 6) is -0.0379. The summed E-state index contributed by atoms with van der Waals surface area (Å²) in [4.78, 5) is 12.2. The minimum absolute atomic E-state index is 0.0266. The Balaban J connectivity index is 2.03. The average molecular weight is 414 g/mol. The second-order valence-corrected chi connectivity index (χ2v) is 7.65. The van der Waals surface area contributed by atoms with Crippen LogP contribution in [0.4, 0.5) is 0 Å². The molecule has 0 saturated carbocycles. The maximum Gasteiger partial charge on any atom is 0.338 e. The standard InChI is InChI=1S/C18H20ClNO6S/c1-24-10-9-20-27(22,23)16-6-3-13(4-7-16)18(21)26-12-14-11-15(19)5-8-17(14)25-2/h3-8,11,20H,9-10,12H2,1-2H3. The first kappa shape index (κ1) is 21.2. The molecule has 0 bridgehead atoms. The van der Waals surface area contributed by atoms with Crippen molar-refractivity contribution in [2.24, 2.45) is 0 Å². The molecular formula is C18H20ClNO6S. The highest BCUT2D eigenvalue weighted by Crippen LogP contribution is 2.23. The Hall–Kier alpha value is -2.13. The van der Waals surface area contributed by atoms with Crippen LogP contribution in [0.3, 0.4) is 0 Å². The zero-order valence-corrected chi connectivity index (χ0v) is 16.5. The Morgan fingerprint density at radius 1 is 1.11 bits per heavy atom. The van der Waals surface area contributed by atoms with Crippen LogP contribution in [-0.4, -0.2) is 41.8 Å². The number of methoxy groups -OCH3 is 2. The number of rotatable bonds is 9. The molecule has 0 aliphatic heterocycles. The number of hydrogen-bond donors (Lipinski definition) is 1. The number of esters is 1. The number of carbonyl (C=O) groups is 1. The van der Waals surface area contributed by atoms with Crippen LogP contribution in [0.15, 0.2) is 47.4 Å². The van der Waals surface area contributed by atoms with E-state index < -0.39 is 16.0 Å². The van der Waals surface area contributed by atoms with Gasteiger partial charge in [-0.25, -0.2) is 17.9 Å². The summed E-state index contributed by atoms with van der Waals surface area (Å²) in [5, 5.41) is 0.498. The van der Waals surface area contributed by atoms with Gasteiger partial charge in [-0.15, -0.1) is 0 Å². The number of carbonyl (C=O) groups excluding carboxylic acids is 1. The van der Waals surface area contributed by atoms with Crippen LogP contribution in [-0.2, 0) is 26.1 Å². The molecule has 1 N–H and O–H groups in total. The molecule has 0 saturated heterocycles. The summed E-state index contributed by atoms with van der Waals surface area (Å²) >= 11 is 5.94. The fourth-order valence-corrected chi connectivity index (χ4v) is 3.43. The summed E-state index contributed by atoms with van der Waals surface area (Å²) < 4.78 is 41.8. The smallest absolute Gasteiger partial charge is 0.338 e. The van der Waals surface area contributed by atoms with Gasteiger partial charge in [-0.3, -0.25) is 0 Å². The molecule has 0 amide bonds. The summed E-state index contributed by atoms with van der Waals surface area (Å²) in [5.41, 5.74) is 0.853. The maximum absolute atomic E-state index is 12.2. The Morgan fingerprint density at radius 3 is 2.44 bits per heavy atom. The van der Waals surface area contributed by atoms with Gasteiger partial charge in [-0.1, -0.05) is 11.6 Å². The van der Waals surface area contributed by atoms with Crippen molar-refractivity contribution in [3.63, 3.8) is 0 Å². The fourth-order valence-electron chi connectivity index (χ4n) is 2.22. The van der Waals surface area contributed by atoms with Gasteiger partial charge in [0, 0.05) is 24.2 Å². The van der Waals surface area contributed by atoms with E-state index in [0.717, 1.165) is 0 Å². The number of benzene rings is 2. The van der Waals surface area contributed by atoms with Gasteiger partial charge in [0.05, 0.1) is 24.2 Å². The highest BCUT2D eigenvalue weighted by molar-refractivity contribution is 7.89. The van der Waals surface area contributed by atoms with Gasteiger partial charge >= 0.3 is 5.97 Å². The molecule has 2 aromatic rings. The molecule has 0 heterocycles. The molecule has 0 atom stereocenters. The Morgan fingerprint density at radius 2 is 1.81 bits per heavy atom. The topological polar surface area (TPSA) is 90.9 Å². The summed E-state index contributed by atoms with van der Waals surface area (Å²) in [6.07, 6.45) is 0. The second-order valence-electron chi connectivity index (χ2n) is 5.45. The zero-order valence-electron chi connectivity index (χ0n) is 14.9. The minimum atomic E-state index is -3.66. The SMILES string of the molecule is COCCNS(=O)(=O)c1ccc(C(=O)OCc2cc(Cl)ccc2OC)cc1. The molecule has 7 nitrogen and oxygen atoms in total. The van der Waals surface area contributed by atoms with Crippen LogP contribution < -0.4 is 9.46 Å². The molecule has 0 fully saturated rings. The van der Waals surface area contributed by atoms with Gasteiger partial charge in [-0.2, -0.15) is 0 Å². The van der Waals surface area contributed by atoms with E-state index in [-0.39, 0.29) is 30.2 Å². The number of hydrogen-bond acceptors (Lipinski definition) is 6. The highest BCUT2D eigenvalue weighted by atomic mass is 35.5. The maximum atomic E-state index is 12.2. The lowest BCUT2D eigenvalue weighted by Crippen LogP contribution is -2.27. The zero-order chi connectivity index (χ0) is 19.9. The number of sulfonamides is 1. The van der Waals surface area contributed by atoms with Crippen molar-refractivity contribution in [1.82, 2.24) is 4.72 Å². The fraction of sp³-hybridized carbons (Fsp3) is 0.278. The van der Waals surface area contributed by atoms with Crippen LogP contribution in [0.2, 0.25) is 5.02 Å². The van der Waals surface area contributed by atoms with E-state index in [4.69, 9.17) is 25.8 Å². The Kier molecular flexibility index (Phi) is 7.61. The van der Waals surface area contributed by atoms with Crippen molar-refractivity contribution >= 4 is 27.6 Å². The van der Waals surface area contributed by atoms with Gasteiger partial charge in [0.15, 0.2) is 0 Å². The minimum Gasteiger partial charge on any atom is -0.496 e. The molecule has 0 spiro atoms. The summed E-state index contributed by atoms with van der Waals surface area (Å²) in [6.45, 7) is 0.391. The molecule has 9 heteroatoms. The van der Waals surface area contributed by atoms with Gasteiger partial charge in [0.25, 0.3) is 0 Å².